The monoisotopic (exact) mass is 335 g/mol. The highest BCUT2D eigenvalue weighted by molar-refractivity contribution is 6.02. The topological polar surface area (TPSA) is 94.3 Å². The van der Waals surface area contributed by atoms with Crippen LogP contribution in [-0.4, -0.2) is 16.0 Å². The molecule has 4 rings (SSSR count). The van der Waals surface area contributed by atoms with Crippen molar-refractivity contribution in [3.63, 3.8) is 0 Å². The van der Waals surface area contributed by atoms with Gasteiger partial charge in [-0.15, -0.1) is 0 Å². The minimum atomic E-state index is -0.320. The van der Waals surface area contributed by atoms with E-state index < -0.39 is 0 Å². The van der Waals surface area contributed by atoms with Crippen molar-refractivity contribution in [2.75, 3.05) is 5.32 Å². The van der Waals surface area contributed by atoms with Crippen LogP contribution in [0.25, 0.3) is 11.6 Å². The molecular formula is C18H13N3O4. The summed E-state index contributed by atoms with van der Waals surface area (Å²) in [7, 11) is 0. The zero-order valence-electron chi connectivity index (χ0n) is 13.0. The number of anilines is 1. The molecule has 25 heavy (non-hydrogen) atoms. The fourth-order valence-electron chi connectivity index (χ4n) is 2.38. The van der Waals surface area contributed by atoms with Crippen LogP contribution in [0.3, 0.4) is 0 Å². The fourth-order valence-corrected chi connectivity index (χ4v) is 2.38. The third-order valence-electron chi connectivity index (χ3n) is 3.56. The number of furan rings is 2. The average molecular weight is 335 g/mol. The molecule has 0 spiro atoms. The highest BCUT2D eigenvalue weighted by atomic mass is 16.5. The molecule has 1 N–H and O–H groups in total. The number of benzene rings is 1. The van der Waals surface area contributed by atoms with Gasteiger partial charge in [0.1, 0.15) is 0 Å². The number of carbonyl (C=O) groups is 1. The van der Waals surface area contributed by atoms with Gasteiger partial charge < -0.3 is 18.7 Å². The highest BCUT2D eigenvalue weighted by Gasteiger charge is 2.15. The van der Waals surface area contributed by atoms with Crippen LogP contribution >= 0.6 is 0 Å². The van der Waals surface area contributed by atoms with Crippen LogP contribution in [0.15, 0.2) is 74.4 Å². The lowest BCUT2D eigenvalue weighted by Crippen LogP contribution is -2.12. The van der Waals surface area contributed by atoms with Crippen molar-refractivity contribution in [2.45, 2.75) is 6.42 Å². The summed E-state index contributed by atoms with van der Waals surface area (Å²) >= 11 is 0. The molecule has 0 saturated heterocycles. The molecule has 0 atom stereocenters. The molecule has 3 aromatic heterocycles. The quantitative estimate of drug-likeness (QED) is 0.596. The minimum absolute atomic E-state index is 0.243. The lowest BCUT2D eigenvalue weighted by atomic mass is 10.1. The predicted octanol–water partition coefficient (Wildman–Crippen LogP) is 3.77. The Morgan fingerprint density at radius 1 is 1.00 bits per heavy atom. The Morgan fingerprint density at radius 2 is 1.84 bits per heavy atom. The Morgan fingerprint density at radius 3 is 2.64 bits per heavy atom. The second kappa shape index (κ2) is 6.48. The number of nitrogens with one attached hydrogen (secondary N) is 1. The van der Waals surface area contributed by atoms with Crippen LogP contribution in [0.2, 0.25) is 0 Å². The molecular weight excluding hydrogens is 322 g/mol. The largest absolute Gasteiger partial charge is 0.461 e. The molecule has 3 heterocycles. The molecule has 1 amide bonds. The smallest absolute Gasteiger partial charge is 0.291 e. The maximum atomic E-state index is 12.2. The second-order valence-corrected chi connectivity index (χ2v) is 5.25. The van der Waals surface area contributed by atoms with Gasteiger partial charge in [-0.1, -0.05) is 23.4 Å². The zero-order chi connectivity index (χ0) is 17.1. The Hall–Kier alpha value is -3.61. The van der Waals surface area contributed by atoms with Crippen molar-refractivity contribution in [2.24, 2.45) is 0 Å². The molecule has 7 nitrogen and oxygen atoms in total. The molecule has 0 aliphatic carbocycles. The summed E-state index contributed by atoms with van der Waals surface area (Å²) in [5.41, 5.74) is 1.50. The zero-order valence-corrected chi connectivity index (χ0v) is 13.0. The minimum Gasteiger partial charge on any atom is -0.461 e. The van der Waals surface area contributed by atoms with Gasteiger partial charge in [0.2, 0.25) is 11.7 Å². The lowest BCUT2D eigenvalue weighted by molar-refractivity contribution is 0.0996. The van der Waals surface area contributed by atoms with Gasteiger partial charge in [0.25, 0.3) is 5.91 Å². The number of rotatable bonds is 5. The normalized spacial score (nSPS) is 10.7. The first-order valence-electron chi connectivity index (χ1n) is 7.59. The average Bonchev–Trinajstić information content (AvgIpc) is 3.38. The first-order valence-corrected chi connectivity index (χ1v) is 7.59. The van der Waals surface area contributed by atoms with Gasteiger partial charge in [0, 0.05) is 5.69 Å². The Balaban J connectivity index is 1.54. The van der Waals surface area contributed by atoms with Crippen LogP contribution in [0.1, 0.15) is 22.0 Å². The summed E-state index contributed by atoms with van der Waals surface area (Å²) in [5.74, 6) is 1.27. The van der Waals surface area contributed by atoms with Gasteiger partial charge in [-0.05, 0) is 35.9 Å². The molecule has 0 saturated carbocycles. The third kappa shape index (κ3) is 3.20. The molecule has 1 aromatic carbocycles. The van der Waals surface area contributed by atoms with Crippen molar-refractivity contribution in [3.05, 3.63) is 78.3 Å². The van der Waals surface area contributed by atoms with Crippen molar-refractivity contribution in [1.29, 1.82) is 0 Å². The second-order valence-electron chi connectivity index (χ2n) is 5.25. The molecule has 0 aliphatic heterocycles. The fraction of sp³-hybridized carbons (Fsp3) is 0.0556. The SMILES string of the molecule is O=C(Nc1ccccc1Cc1nc(-c2ccco2)no1)c1ccco1. The van der Waals surface area contributed by atoms with Crippen LogP contribution in [0.5, 0.6) is 0 Å². The van der Waals surface area contributed by atoms with Crippen molar-refractivity contribution in [1.82, 2.24) is 10.1 Å². The molecule has 4 aromatic rings. The molecule has 7 heteroatoms. The van der Waals surface area contributed by atoms with E-state index in [9.17, 15) is 4.79 Å². The molecule has 0 unspecified atom stereocenters. The van der Waals surface area contributed by atoms with E-state index in [0.717, 1.165) is 5.56 Å². The highest BCUT2D eigenvalue weighted by Crippen LogP contribution is 2.21. The van der Waals surface area contributed by atoms with Gasteiger partial charge in [-0.2, -0.15) is 4.98 Å². The molecule has 0 radical (unpaired) electrons. The lowest BCUT2D eigenvalue weighted by Gasteiger charge is -2.08. The summed E-state index contributed by atoms with van der Waals surface area (Å²) in [6.07, 6.45) is 3.38. The summed E-state index contributed by atoms with van der Waals surface area (Å²) in [5, 5.41) is 6.73. The van der Waals surface area contributed by atoms with E-state index in [1.807, 2.05) is 18.2 Å². The molecule has 124 valence electrons. The third-order valence-corrected chi connectivity index (χ3v) is 3.56. The maximum absolute atomic E-state index is 12.2. The number of aromatic nitrogens is 2. The van der Waals surface area contributed by atoms with E-state index in [1.165, 1.54) is 6.26 Å². The Bertz CT molecular complexity index is 972. The summed E-state index contributed by atoms with van der Waals surface area (Å²) in [4.78, 5) is 16.5. The Labute approximate surface area is 142 Å². The van der Waals surface area contributed by atoms with Crippen LogP contribution in [-0.2, 0) is 6.42 Å². The van der Waals surface area contributed by atoms with Gasteiger partial charge in [-0.3, -0.25) is 4.79 Å². The van der Waals surface area contributed by atoms with E-state index >= 15 is 0 Å². The van der Waals surface area contributed by atoms with Crippen molar-refractivity contribution in [3.8, 4) is 11.6 Å². The molecule has 0 bridgehead atoms. The van der Waals surface area contributed by atoms with Crippen LogP contribution in [0, 0.1) is 0 Å². The number of para-hydroxylation sites is 1. The predicted molar refractivity (Wildman–Crippen MR) is 87.9 cm³/mol. The van der Waals surface area contributed by atoms with E-state index in [0.29, 0.717) is 29.6 Å². The van der Waals surface area contributed by atoms with Gasteiger partial charge in [0.05, 0.1) is 18.9 Å². The standard InChI is InChI=1S/C18H13N3O4/c22-18(15-8-4-10-24-15)19-13-6-2-1-5-12(13)11-16-20-17(21-25-16)14-7-3-9-23-14/h1-10H,11H2,(H,19,22). The summed E-state index contributed by atoms with van der Waals surface area (Å²) < 4.78 is 15.6. The Kier molecular flexibility index (Phi) is 3.88. The number of amides is 1. The van der Waals surface area contributed by atoms with E-state index in [4.69, 9.17) is 13.4 Å². The van der Waals surface area contributed by atoms with Crippen LogP contribution < -0.4 is 5.32 Å². The van der Waals surface area contributed by atoms with Gasteiger partial charge >= 0.3 is 0 Å². The first kappa shape index (κ1) is 14.9. The van der Waals surface area contributed by atoms with E-state index in [2.05, 4.69) is 15.5 Å². The summed E-state index contributed by atoms with van der Waals surface area (Å²) in [6.45, 7) is 0. The van der Waals surface area contributed by atoms with Gasteiger partial charge in [-0.25, -0.2) is 0 Å². The maximum Gasteiger partial charge on any atom is 0.291 e. The van der Waals surface area contributed by atoms with E-state index in [-0.39, 0.29) is 11.7 Å². The van der Waals surface area contributed by atoms with Gasteiger partial charge in [0.15, 0.2) is 11.5 Å². The number of nitrogens with zero attached hydrogens (tertiary/aromatic N) is 2. The molecule has 0 fully saturated rings. The number of hydrogen-bond donors (Lipinski definition) is 1. The number of carbonyl (C=O) groups excluding carboxylic acids is 1. The summed E-state index contributed by atoms with van der Waals surface area (Å²) in [6, 6.07) is 14.2. The van der Waals surface area contributed by atoms with E-state index in [1.54, 1.807) is 36.6 Å². The molecule has 0 aliphatic rings. The van der Waals surface area contributed by atoms with Crippen molar-refractivity contribution < 1.29 is 18.2 Å². The van der Waals surface area contributed by atoms with Crippen molar-refractivity contribution >= 4 is 11.6 Å². The van der Waals surface area contributed by atoms with Crippen LogP contribution in [0.4, 0.5) is 5.69 Å². The first-order chi connectivity index (χ1) is 12.3. The number of hydrogen-bond acceptors (Lipinski definition) is 6.